The summed E-state index contributed by atoms with van der Waals surface area (Å²) in [4.78, 5) is 34.1. The minimum absolute atomic E-state index is 0.0254. The van der Waals surface area contributed by atoms with Crippen molar-refractivity contribution in [1.29, 1.82) is 0 Å². The summed E-state index contributed by atoms with van der Waals surface area (Å²) < 4.78 is 0. The van der Waals surface area contributed by atoms with Crippen molar-refractivity contribution in [3.8, 4) is 0 Å². The molecular formula is C15H20ClN3O4. The largest absolute Gasteiger partial charge is 0.481 e. The van der Waals surface area contributed by atoms with Crippen LogP contribution in [-0.4, -0.2) is 36.0 Å². The highest BCUT2D eigenvalue weighted by atomic mass is 35.5. The van der Waals surface area contributed by atoms with Gasteiger partial charge in [-0.2, -0.15) is 0 Å². The van der Waals surface area contributed by atoms with Gasteiger partial charge in [0.15, 0.2) is 0 Å². The van der Waals surface area contributed by atoms with Crippen LogP contribution in [0.15, 0.2) is 18.2 Å². The van der Waals surface area contributed by atoms with Crippen LogP contribution in [0.4, 0.5) is 5.69 Å². The number of hydrogen-bond acceptors (Lipinski definition) is 4. The van der Waals surface area contributed by atoms with Gasteiger partial charge in [-0.05, 0) is 37.6 Å². The van der Waals surface area contributed by atoms with Crippen LogP contribution in [0.1, 0.15) is 36.0 Å². The zero-order chi connectivity index (χ0) is 17.2. The first-order valence-corrected chi connectivity index (χ1v) is 7.61. The topological polar surface area (TPSA) is 122 Å². The van der Waals surface area contributed by atoms with Gasteiger partial charge in [-0.3, -0.25) is 14.4 Å². The highest BCUT2D eigenvalue weighted by Gasteiger charge is 2.11. The number of nitrogens with two attached hydrogens (primary N) is 1. The van der Waals surface area contributed by atoms with E-state index in [9.17, 15) is 14.4 Å². The SMILES string of the molecule is NCCCCC(=O)Nc1cc(C(=O)NCCC(=O)O)ccc1Cl. The molecule has 8 heteroatoms. The average molecular weight is 342 g/mol. The zero-order valence-electron chi connectivity index (χ0n) is 12.6. The van der Waals surface area contributed by atoms with Crippen molar-refractivity contribution in [2.45, 2.75) is 25.7 Å². The Morgan fingerprint density at radius 2 is 1.91 bits per heavy atom. The van der Waals surface area contributed by atoms with E-state index in [0.29, 0.717) is 30.1 Å². The molecule has 1 rings (SSSR count). The van der Waals surface area contributed by atoms with E-state index in [-0.39, 0.29) is 24.4 Å². The summed E-state index contributed by atoms with van der Waals surface area (Å²) in [6, 6.07) is 4.46. The van der Waals surface area contributed by atoms with E-state index in [1.54, 1.807) is 0 Å². The van der Waals surface area contributed by atoms with E-state index in [2.05, 4.69) is 10.6 Å². The number of hydrogen-bond donors (Lipinski definition) is 4. The van der Waals surface area contributed by atoms with E-state index in [0.717, 1.165) is 6.42 Å². The number of halogens is 1. The Labute approximate surface area is 139 Å². The Hall–Kier alpha value is -2.12. The molecule has 5 N–H and O–H groups in total. The molecule has 23 heavy (non-hydrogen) atoms. The second kappa shape index (κ2) is 9.81. The third-order valence-corrected chi connectivity index (χ3v) is 3.31. The smallest absolute Gasteiger partial charge is 0.305 e. The Morgan fingerprint density at radius 3 is 2.57 bits per heavy atom. The lowest BCUT2D eigenvalue weighted by Crippen LogP contribution is -2.26. The van der Waals surface area contributed by atoms with Gasteiger partial charge in [0, 0.05) is 18.5 Å². The van der Waals surface area contributed by atoms with Crippen molar-refractivity contribution in [3.63, 3.8) is 0 Å². The fourth-order valence-electron chi connectivity index (χ4n) is 1.79. The number of benzene rings is 1. The van der Waals surface area contributed by atoms with Crippen molar-refractivity contribution in [1.82, 2.24) is 5.32 Å². The molecule has 0 aromatic heterocycles. The Kier molecular flexibility index (Phi) is 8.07. The molecule has 0 bridgehead atoms. The fraction of sp³-hybridized carbons (Fsp3) is 0.400. The van der Waals surface area contributed by atoms with Crippen LogP contribution in [-0.2, 0) is 9.59 Å². The van der Waals surface area contributed by atoms with Crippen molar-refractivity contribution < 1.29 is 19.5 Å². The summed E-state index contributed by atoms with van der Waals surface area (Å²) in [6.07, 6.45) is 1.59. The number of amides is 2. The third-order valence-electron chi connectivity index (χ3n) is 2.99. The molecule has 0 unspecified atom stereocenters. The van der Waals surface area contributed by atoms with Gasteiger partial charge in [0.1, 0.15) is 0 Å². The molecule has 1 aromatic rings. The number of carbonyl (C=O) groups is 3. The molecule has 0 atom stereocenters. The molecule has 0 heterocycles. The van der Waals surface area contributed by atoms with Gasteiger partial charge >= 0.3 is 5.97 Å². The molecule has 126 valence electrons. The van der Waals surface area contributed by atoms with E-state index in [4.69, 9.17) is 22.4 Å². The molecular weight excluding hydrogens is 322 g/mol. The molecule has 0 aliphatic rings. The summed E-state index contributed by atoms with van der Waals surface area (Å²) in [7, 11) is 0. The van der Waals surface area contributed by atoms with Crippen LogP contribution in [0.2, 0.25) is 5.02 Å². The first-order valence-electron chi connectivity index (χ1n) is 7.23. The summed E-state index contributed by atoms with van der Waals surface area (Å²) in [5.74, 6) is -1.63. The number of anilines is 1. The van der Waals surface area contributed by atoms with Gasteiger partial charge < -0.3 is 21.5 Å². The predicted octanol–water partition coefficient (Wildman–Crippen LogP) is 1.61. The second-order valence-corrected chi connectivity index (χ2v) is 5.30. The first-order chi connectivity index (χ1) is 10.9. The maximum absolute atomic E-state index is 11.9. The highest BCUT2D eigenvalue weighted by Crippen LogP contribution is 2.23. The van der Waals surface area contributed by atoms with Gasteiger partial charge in [0.25, 0.3) is 5.91 Å². The standard InChI is InChI=1S/C15H20ClN3O4/c16-11-5-4-10(15(23)18-8-6-14(21)22)9-12(11)19-13(20)3-1-2-7-17/h4-5,9H,1-3,6-8,17H2,(H,18,23)(H,19,20)(H,21,22). The van der Waals surface area contributed by atoms with E-state index in [1.807, 2.05) is 0 Å². The lowest BCUT2D eigenvalue weighted by atomic mass is 10.1. The predicted molar refractivity (Wildman–Crippen MR) is 87.6 cm³/mol. The van der Waals surface area contributed by atoms with Crippen LogP contribution >= 0.6 is 11.6 Å². The van der Waals surface area contributed by atoms with Crippen LogP contribution in [0.25, 0.3) is 0 Å². The summed E-state index contributed by atoms with van der Waals surface area (Å²) in [6.45, 7) is 0.553. The molecule has 0 aliphatic heterocycles. The van der Waals surface area contributed by atoms with Gasteiger partial charge in [-0.25, -0.2) is 0 Å². The summed E-state index contributed by atoms with van der Waals surface area (Å²) in [5.41, 5.74) is 6.00. The molecule has 0 saturated heterocycles. The van der Waals surface area contributed by atoms with Gasteiger partial charge in [0.2, 0.25) is 5.91 Å². The monoisotopic (exact) mass is 341 g/mol. The second-order valence-electron chi connectivity index (χ2n) is 4.89. The van der Waals surface area contributed by atoms with E-state index < -0.39 is 11.9 Å². The molecule has 0 saturated carbocycles. The number of rotatable bonds is 9. The summed E-state index contributed by atoms with van der Waals surface area (Å²) >= 11 is 6.01. The first kappa shape index (κ1) is 18.9. The van der Waals surface area contributed by atoms with Crippen LogP contribution in [0.5, 0.6) is 0 Å². The molecule has 7 nitrogen and oxygen atoms in total. The number of unbranched alkanes of at least 4 members (excludes halogenated alkanes) is 1. The maximum Gasteiger partial charge on any atom is 0.305 e. The molecule has 0 radical (unpaired) electrons. The van der Waals surface area contributed by atoms with Crippen molar-refractivity contribution >= 4 is 35.1 Å². The number of carboxylic acid groups (broad SMARTS) is 1. The Bertz CT molecular complexity index is 578. The van der Waals surface area contributed by atoms with Gasteiger partial charge in [-0.15, -0.1) is 0 Å². The van der Waals surface area contributed by atoms with Crippen molar-refractivity contribution in [2.75, 3.05) is 18.4 Å². The lowest BCUT2D eigenvalue weighted by Gasteiger charge is -2.10. The van der Waals surface area contributed by atoms with Crippen LogP contribution in [0, 0.1) is 0 Å². The lowest BCUT2D eigenvalue weighted by molar-refractivity contribution is -0.136. The van der Waals surface area contributed by atoms with Gasteiger partial charge in [0.05, 0.1) is 17.1 Å². The van der Waals surface area contributed by atoms with Gasteiger partial charge in [-0.1, -0.05) is 11.6 Å². The van der Waals surface area contributed by atoms with E-state index >= 15 is 0 Å². The quantitative estimate of drug-likeness (QED) is 0.508. The maximum atomic E-state index is 11.9. The minimum atomic E-state index is -0.994. The normalized spacial score (nSPS) is 10.2. The highest BCUT2D eigenvalue weighted by molar-refractivity contribution is 6.33. The van der Waals surface area contributed by atoms with Crippen LogP contribution in [0.3, 0.4) is 0 Å². The van der Waals surface area contributed by atoms with Crippen molar-refractivity contribution in [3.05, 3.63) is 28.8 Å². The molecule has 0 spiro atoms. The molecule has 2 amide bonds. The van der Waals surface area contributed by atoms with Crippen LogP contribution < -0.4 is 16.4 Å². The Balaban J connectivity index is 2.65. The molecule has 0 fully saturated rings. The molecule has 0 aliphatic carbocycles. The Morgan fingerprint density at radius 1 is 1.17 bits per heavy atom. The number of aliphatic carboxylic acids is 1. The molecule has 1 aromatic carbocycles. The number of carbonyl (C=O) groups excluding carboxylic acids is 2. The minimum Gasteiger partial charge on any atom is -0.481 e. The number of carboxylic acids is 1. The van der Waals surface area contributed by atoms with Crippen molar-refractivity contribution in [2.24, 2.45) is 5.73 Å². The average Bonchev–Trinajstić information content (AvgIpc) is 2.49. The number of nitrogens with one attached hydrogen (secondary N) is 2. The third kappa shape index (κ3) is 7.12. The fourth-order valence-corrected chi connectivity index (χ4v) is 1.95. The zero-order valence-corrected chi connectivity index (χ0v) is 13.4. The summed E-state index contributed by atoms with van der Waals surface area (Å²) in [5, 5.41) is 14.0. The van der Waals surface area contributed by atoms with E-state index in [1.165, 1.54) is 18.2 Å².